The highest BCUT2D eigenvalue weighted by Crippen LogP contribution is 2.29. The number of benzene rings is 1. The summed E-state index contributed by atoms with van der Waals surface area (Å²) in [5, 5.41) is 3.17. The summed E-state index contributed by atoms with van der Waals surface area (Å²) in [4.78, 5) is -0.165. The van der Waals surface area contributed by atoms with Crippen LogP contribution in [0.5, 0.6) is 5.75 Å². The van der Waals surface area contributed by atoms with E-state index >= 15 is 0 Å². The molecule has 7 nitrogen and oxygen atoms in total. The average molecular weight is 385 g/mol. The van der Waals surface area contributed by atoms with Crippen molar-refractivity contribution in [2.75, 3.05) is 33.0 Å². The van der Waals surface area contributed by atoms with Crippen molar-refractivity contribution in [3.8, 4) is 5.75 Å². The first-order valence-corrected chi connectivity index (χ1v) is 10.1. The van der Waals surface area contributed by atoms with E-state index in [0.717, 1.165) is 12.3 Å². The van der Waals surface area contributed by atoms with Crippen molar-refractivity contribution in [2.24, 2.45) is 0 Å². The lowest BCUT2D eigenvalue weighted by Gasteiger charge is -2.31. The van der Waals surface area contributed by atoms with Crippen LogP contribution in [0.25, 0.3) is 0 Å². The smallest absolute Gasteiger partial charge is 0.246 e. The van der Waals surface area contributed by atoms with Crippen molar-refractivity contribution in [2.45, 2.75) is 22.8 Å². The SMILES string of the molecule is COc1ccc(S(C)(=O)=O)cc1S(=O)(=O)N1CCNC(C)C1.Cl. The number of sulfonamides is 1. The van der Waals surface area contributed by atoms with Gasteiger partial charge in [-0.25, -0.2) is 16.8 Å². The Kier molecular flexibility index (Phi) is 6.45. The molecular weight excluding hydrogens is 364 g/mol. The average Bonchev–Trinajstić information content (AvgIpc) is 2.45. The van der Waals surface area contributed by atoms with Gasteiger partial charge in [-0.2, -0.15) is 4.31 Å². The fourth-order valence-corrected chi connectivity index (χ4v) is 4.78. The third-order valence-corrected chi connectivity index (χ3v) is 6.51. The number of hydrogen-bond donors (Lipinski definition) is 1. The number of piperazine rings is 1. The normalized spacial score (nSPS) is 19.9. The van der Waals surface area contributed by atoms with Gasteiger partial charge in [0, 0.05) is 31.9 Å². The largest absolute Gasteiger partial charge is 0.495 e. The van der Waals surface area contributed by atoms with Crippen molar-refractivity contribution in [3.63, 3.8) is 0 Å². The molecule has 0 amide bonds. The highest BCUT2D eigenvalue weighted by atomic mass is 35.5. The number of ether oxygens (including phenoxy) is 1. The Hall–Kier alpha value is -0.870. The summed E-state index contributed by atoms with van der Waals surface area (Å²) in [6.07, 6.45) is 1.04. The van der Waals surface area contributed by atoms with E-state index in [9.17, 15) is 16.8 Å². The van der Waals surface area contributed by atoms with Crippen LogP contribution in [-0.2, 0) is 19.9 Å². The highest BCUT2D eigenvalue weighted by molar-refractivity contribution is 7.91. The maximum Gasteiger partial charge on any atom is 0.246 e. The predicted octanol–water partition coefficient (Wildman–Crippen LogP) is 0.503. The lowest BCUT2D eigenvalue weighted by Crippen LogP contribution is -2.51. The van der Waals surface area contributed by atoms with Crippen LogP contribution >= 0.6 is 12.4 Å². The van der Waals surface area contributed by atoms with Crippen LogP contribution in [0.3, 0.4) is 0 Å². The molecule has 1 aromatic carbocycles. The van der Waals surface area contributed by atoms with Gasteiger partial charge in [0.1, 0.15) is 10.6 Å². The second kappa shape index (κ2) is 7.35. The van der Waals surface area contributed by atoms with Gasteiger partial charge >= 0.3 is 0 Å². The molecule has 1 heterocycles. The zero-order valence-electron chi connectivity index (χ0n) is 13.1. The molecule has 10 heteroatoms. The summed E-state index contributed by atoms with van der Waals surface area (Å²) in [5.41, 5.74) is 0. The third-order valence-electron chi connectivity index (χ3n) is 3.51. The molecule has 1 saturated heterocycles. The van der Waals surface area contributed by atoms with Gasteiger partial charge in [-0.3, -0.25) is 0 Å². The van der Waals surface area contributed by atoms with Crippen molar-refractivity contribution in [1.82, 2.24) is 9.62 Å². The van der Waals surface area contributed by atoms with Crippen LogP contribution in [0.1, 0.15) is 6.92 Å². The van der Waals surface area contributed by atoms with Gasteiger partial charge in [0.15, 0.2) is 9.84 Å². The van der Waals surface area contributed by atoms with E-state index in [1.165, 1.54) is 23.5 Å². The van der Waals surface area contributed by atoms with Crippen molar-refractivity contribution in [3.05, 3.63) is 18.2 Å². The molecular formula is C13H21ClN2O5S2. The summed E-state index contributed by atoms with van der Waals surface area (Å²) in [6, 6.07) is 3.91. The van der Waals surface area contributed by atoms with Crippen LogP contribution in [0, 0.1) is 0 Å². The molecule has 2 rings (SSSR count). The number of sulfone groups is 1. The number of rotatable bonds is 4. The number of methoxy groups -OCH3 is 1. The predicted molar refractivity (Wildman–Crippen MR) is 89.6 cm³/mol. The lowest BCUT2D eigenvalue weighted by atomic mass is 10.3. The lowest BCUT2D eigenvalue weighted by molar-refractivity contribution is 0.308. The Morgan fingerprint density at radius 3 is 2.43 bits per heavy atom. The quantitative estimate of drug-likeness (QED) is 0.812. The van der Waals surface area contributed by atoms with E-state index in [-0.39, 0.29) is 34.0 Å². The van der Waals surface area contributed by atoms with E-state index in [2.05, 4.69) is 5.32 Å². The Balaban J connectivity index is 0.00000264. The molecule has 1 atom stereocenters. The van der Waals surface area contributed by atoms with Crippen LogP contribution in [0.2, 0.25) is 0 Å². The summed E-state index contributed by atoms with van der Waals surface area (Å²) in [7, 11) is -5.96. The summed E-state index contributed by atoms with van der Waals surface area (Å²) in [6.45, 7) is 3.10. The molecule has 0 radical (unpaired) electrons. The number of hydrogen-bond acceptors (Lipinski definition) is 6. The summed E-state index contributed by atoms with van der Waals surface area (Å²) < 4.78 is 55.4. The molecule has 0 spiro atoms. The van der Waals surface area contributed by atoms with Gasteiger partial charge in [-0.15, -0.1) is 12.4 Å². The first-order valence-electron chi connectivity index (χ1n) is 6.78. The minimum absolute atomic E-state index is 0. The first kappa shape index (κ1) is 20.2. The zero-order valence-corrected chi connectivity index (χ0v) is 15.6. The summed E-state index contributed by atoms with van der Waals surface area (Å²) >= 11 is 0. The zero-order chi connectivity index (χ0) is 16.5. The Labute approximate surface area is 143 Å². The molecule has 1 N–H and O–H groups in total. The summed E-state index contributed by atoms with van der Waals surface area (Å²) in [5.74, 6) is 0.138. The molecule has 0 aliphatic carbocycles. The van der Waals surface area contributed by atoms with E-state index in [4.69, 9.17) is 4.74 Å². The molecule has 0 bridgehead atoms. The Morgan fingerprint density at radius 2 is 1.91 bits per heavy atom. The molecule has 132 valence electrons. The van der Waals surface area contributed by atoms with E-state index in [0.29, 0.717) is 19.6 Å². The molecule has 0 aromatic heterocycles. The van der Waals surface area contributed by atoms with Gasteiger partial charge in [0.05, 0.1) is 12.0 Å². The Bertz CT molecular complexity index is 765. The molecule has 1 fully saturated rings. The second-order valence-corrected chi connectivity index (χ2v) is 9.23. The van der Waals surface area contributed by atoms with E-state index < -0.39 is 19.9 Å². The van der Waals surface area contributed by atoms with Crippen LogP contribution < -0.4 is 10.1 Å². The first-order chi connectivity index (χ1) is 10.2. The number of nitrogens with zero attached hydrogens (tertiary/aromatic N) is 1. The van der Waals surface area contributed by atoms with E-state index in [1.54, 1.807) is 0 Å². The van der Waals surface area contributed by atoms with Gasteiger partial charge in [0.25, 0.3) is 0 Å². The van der Waals surface area contributed by atoms with Crippen molar-refractivity contribution in [1.29, 1.82) is 0 Å². The van der Waals surface area contributed by atoms with Gasteiger partial charge in [-0.05, 0) is 25.1 Å². The molecule has 1 aliphatic rings. The topological polar surface area (TPSA) is 92.8 Å². The maximum atomic E-state index is 12.8. The second-order valence-electron chi connectivity index (χ2n) is 5.30. The maximum absolute atomic E-state index is 12.8. The van der Waals surface area contributed by atoms with Crippen molar-refractivity contribution < 1.29 is 21.6 Å². The minimum atomic E-state index is -3.82. The monoisotopic (exact) mass is 384 g/mol. The van der Waals surface area contributed by atoms with E-state index in [1.807, 2.05) is 6.92 Å². The van der Waals surface area contributed by atoms with Gasteiger partial charge in [0.2, 0.25) is 10.0 Å². The molecule has 1 aliphatic heterocycles. The van der Waals surface area contributed by atoms with Crippen LogP contribution in [0.4, 0.5) is 0 Å². The highest BCUT2D eigenvalue weighted by Gasteiger charge is 2.31. The molecule has 1 aromatic rings. The van der Waals surface area contributed by atoms with Gasteiger partial charge < -0.3 is 10.1 Å². The minimum Gasteiger partial charge on any atom is -0.495 e. The fraction of sp³-hybridized carbons (Fsp3) is 0.538. The number of halogens is 1. The van der Waals surface area contributed by atoms with Crippen LogP contribution in [0.15, 0.2) is 28.0 Å². The van der Waals surface area contributed by atoms with Gasteiger partial charge in [-0.1, -0.05) is 0 Å². The standard InChI is InChI=1S/C13H20N2O5S2.ClH/c1-10-9-15(7-6-14-10)22(18,19)13-8-11(21(3,16)17)4-5-12(13)20-2;/h4-5,8,10,14H,6-7,9H2,1-3H3;1H. The molecule has 23 heavy (non-hydrogen) atoms. The van der Waals surface area contributed by atoms with Crippen molar-refractivity contribution >= 4 is 32.3 Å². The Morgan fingerprint density at radius 1 is 1.26 bits per heavy atom. The van der Waals surface area contributed by atoms with Crippen LogP contribution in [-0.4, -0.2) is 60.2 Å². The molecule has 1 unspecified atom stereocenters. The third kappa shape index (κ3) is 4.36. The number of nitrogens with one attached hydrogen (secondary N) is 1. The molecule has 0 saturated carbocycles. The fourth-order valence-electron chi connectivity index (χ4n) is 2.34.